The van der Waals surface area contributed by atoms with Crippen LogP contribution in [0.25, 0.3) is 97.0 Å². The first kappa shape index (κ1) is 35.2. The molecule has 0 aliphatic heterocycles. The molecule has 14 rings (SSSR count). The first-order chi connectivity index (χ1) is 31.8. The van der Waals surface area contributed by atoms with Crippen molar-refractivity contribution in [2.75, 3.05) is 9.80 Å². The first-order valence-electron chi connectivity index (χ1n) is 22.2. The molecule has 0 saturated carbocycles. The second kappa shape index (κ2) is 13.5. The van der Waals surface area contributed by atoms with Crippen LogP contribution >= 0.6 is 0 Å². The summed E-state index contributed by atoms with van der Waals surface area (Å²) in [5.41, 5.74) is 6.76. The smallest absolute Gasteiger partial charge is 0.0541 e. The van der Waals surface area contributed by atoms with E-state index in [2.05, 4.69) is 240 Å². The van der Waals surface area contributed by atoms with Gasteiger partial charge in [0.1, 0.15) is 0 Å². The van der Waals surface area contributed by atoms with Gasteiger partial charge in [0.05, 0.1) is 22.7 Å². The van der Waals surface area contributed by atoms with Gasteiger partial charge in [0.2, 0.25) is 0 Å². The van der Waals surface area contributed by atoms with E-state index in [0.29, 0.717) is 0 Å². The number of hydrogen-bond acceptors (Lipinski definition) is 2. The normalized spacial score (nSPS) is 12.1. The summed E-state index contributed by atoms with van der Waals surface area (Å²) in [4.78, 5) is 4.95. The number of hydrogen-bond donors (Lipinski definition) is 0. The Kier molecular flexibility index (Phi) is 7.43. The monoisotopic (exact) mass is 810 g/mol. The van der Waals surface area contributed by atoms with E-state index in [9.17, 15) is 0 Å². The van der Waals surface area contributed by atoms with Crippen LogP contribution in [0.3, 0.4) is 0 Å². The molecule has 0 aliphatic rings. The fourth-order valence-electron chi connectivity index (χ4n) is 11.3. The van der Waals surface area contributed by atoms with Gasteiger partial charge in [-0.25, -0.2) is 0 Å². The Morgan fingerprint density at radius 2 is 0.453 bits per heavy atom. The van der Waals surface area contributed by atoms with Crippen molar-refractivity contribution in [2.45, 2.75) is 0 Å². The lowest BCUT2D eigenvalue weighted by Gasteiger charge is -2.31. The molecular weight excluding hydrogens is 773 g/mol. The van der Waals surface area contributed by atoms with Crippen LogP contribution in [0.5, 0.6) is 0 Å². The molecule has 0 atom stereocenters. The Bertz CT molecular complexity index is 3770. The summed E-state index contributed by atoms with van der Waals surface area (Å²) in [6, 6.07) is 85.4. The minimum absolute atomic E-state index is 1.11. The number of rotatable bonds is 6. The van der Waals surface area contributed by atoms with Crippen LogP contribution in [0.2, 0.25) is 0 Å². The highest BCUT2D eigenvalue weighted by atomic mass is 15.2. The fraction of sp³-hybridized carbons (Fsp3) is 0. The highest BCUT2D eigenvalue weighted by Gasteiger charge is 2.24. The predicted octanol–water partition coefficient (Wildman–Crippen LogP) is 17.9. The first-order valence-corrected chi connectivity index (χ1v) is 22.2. The standard InChI is InChI=1S/C62H38N2/c1-3-19-41(20-4-1)63(57-37-35-51-47-27-9-17-39-15-7-25-45(59(39)47)49-29-11-31-53(57)61(49)51)55-33-13-24-44-43(55)23-14-34-56(44)64(42-21-5-2-6-22-42)58-38-36-52-48-28-10-18-40-16-8-26-46(60(40)48)50-30-12-32-54(58)62(50)52/h1-38H. The van der Waals surface area contributed by atoms with Crippen LogP contribution in [-0.4, -0.2) is 0 Å². The maximum atomic E-state index is 2.48. The summed E-state index contributed by atoms with van der Waals surface area (Å²) >= 11 is 0. The van der Waals surface area contributed by atoms with Crippen molar-refractivity contribution in [3.63, 3.8) is 0 Å². The SMILES string of the molecule is c1ccc(N(c2cccc3c(N(c4ccccc4)c4ccc5c6cccc7cccc(c8cccc4c85)c76)cccc23)c2ccc3c4cccc5cccc(c6cccc2c63)c54)cc1. The van der Waals surface area contributed by atoms with Crippen molar-refractivity contribution in [3.05, 3.63) is 231 Å². The van der Waals surface area contributed by atoms with Crippen molar-refractivity contribution in [1.29, 1.82) is 0 Å². The number of anilines is 6. The summed E-state index contributed by atoms with van der Waals surface area (Å²) in [7, 11) is 0. The van der Waals surface area contributed by atoms with Gasteiger partial charge in [-0.3, -0.25) is 0 Å². The number of benzene rings is 14. The molecule has 296 valence electrons. The fourth-order valence-corrected chi connectivity index (χ4v) is 11.3. The minimum Gasteiger partial charge on any atom is -0.309 e. The van der Waals surface area contributed by atoms with E-state index < -0.39 is 0 Å². The number of nitrogens with zero attached hydrogens (tertiary/aromatic N) is 2. The molecule has 14 aromatic carbocycles. The van der Waals surface area contributed by atoms with E-state index in [0.717, 1.165) is 34.1 Å². The van der Waals surface area contributed by atoms with Gasteiger partial charge in [-0.05, 0) is 124 Å². The maximum absolute atomic E-state index is 2.48. The van der Waals surface area contributed by atoms with Gasteiger partial charge in [-0.15, -0.1) is 0 Å². The third kappa shape index (κ3) is 4.91. The van der Waals surface area contributed by atoms with Crippen LogP contribution in [-0.2, 0) is 0 Å². The zero-order valence-electron chi connectivity index (χ0n) is 34.8. The Hall–Kier alpha value is -8.46. The zero-order valence-corrected chi connectivity index (χ0v) is 34.8. The van der Waals surface area contributed by atoms with Crippen LogP contribution < -0.4 is 9.80 Å². The second-order valence-corrected chi connectivity index (χ2v) is 17.1. The van der Waals surface area contributed by atoms with Crippen LogP contribution in [0, 0.1) is 0 Å². The molecule has 0 aliphatic carbocycles. The van der Waals surface area contributed by atoms with Gasteiger partial charge in [0.15, 0.2) is 0 Å². The Labute approximate surface area is 369 Å². The lowest BCUT2D eigenvalue weighted by atomic mass is 9.89. The number of para-hydroxylation sites is 2. The quantitative estimate of drug-likeness (QED) is 0.122. The molecule has 0 fully saturated rings. The van der Waals surface area contributed by atoms with Crippen molar-refractivity contribution < 1.29 is 0 Å². The number of fused-ring (bicyclic) bond motifs is 5. The van der Waals surface area contributed by atoms with E-state index in [1.807, 2.05) is 0 Å². The van der Waals surface area contributed by atoms with Crippen molar-refractivity contribution in [1.82, 2.24) is 0 Å². The average molecular weight is 811 g/mol. The third-order valence-corrected chi connectivity index (χ3v) is 13.9. The molecule has 0 radical (unpaired) electrons. The third-order valence-electron chi connectivity index (χ3n) is 13.9. The Morgan fingerprint density at radius 1 is 0.172 bits per heavy atom. The highest BCUT2D eigenvalue weighted by molar-refractivity contribution is 6.36. The van der Waals surface area contributed by atoms with Gasteiger partial charge in [-0.2, -0.15) is 0 Å². The average Bonchev–Trinajstić information content (AvgIpc) is 3.36. The van der Waals surface area contributed by atoms with Gasteiger partial charge in [-0.1, -0.05) is 182 Å². The predicted molar refractivity (Wildman–Crippen MR) is 276 cm³/mol. The van der Waals surface area contributed by atoms with Crippen molar-refractivity contribution in [3.8, 4) is 0 Å². The van der Waals surface area contributed by atoms with Gasteiger partial charge in [0, 0.05) is 32.9 Å². The molecular formula is C62H38N2. The molecule has 0 aromatic heterocycles. The van der Waals surface area contributed by atoms with Gasteiger partial charge >= 0.3 is 0 Å². The van der Waals surface area contributed by atoms with Crippen LogP contribution in [0.4, 0.5) is 34.1 Å². The molecule has 2 nitrogen and oxygen atoms in total. The minimum atomic E-state index is 1.11. The second-order valence-electron chi connectivity index (χ2n) is 17.1. The summed E-state index contributed by atoms with van der Waals surface area (Å²) in [6.07, 6.45) is 0. The van der Waals surface area contributed by atoms with Crippen LogP contribution in [0.15, 0.2) is 231 Å². The molecule has 0 heterocycles. The molecule has 0 spiro atoms. The molecule has 0 bridgehead atoms. The zero-order chi connectivity index (χ0) is 41.9. The molecule has 0 N–H and O–H groups in total. The summed E-state index contributed by atoms with van der Waals surface area (Å²) in [5, 5.41) is 22.9. The summed E-state index contributed by atoms with van der Waals surface area (Å²) in [5.74, 6) is 0. The molecule has 2 heteroatoms. The molecule has 14 aromatic rings. The summed E-state index contributed by atoms with van der Waals surface area (Å²) < 4.78 is 0. The van der Waals surface area contributed by atoms with Gasteiger partial charge in [0.25, 0.3) is 0 Å². The lowest BCUT2D eigenvalue weighted by Crippen LogP contribution is -2.13. The highest BCUT2D eigenvalue weighted by Crippen LogP contribution is 2.51. The molecule has 0 saturated heterocycles. The molecule has 0 unspecified atom stereocenters. The molecule has 0 amide bonds. The Morgan fingerprint density at radius 3 is 0.844 bits per heavy atom. The van der Waals surface area contributed by atoms with E-state index in [4.69, 9.17) is 0 Å². The van der Waals surface area contributed by atoms with Gasteiger partial charge < -0.3 is 9.80 Å². The van der Waals surface area contributed by atoms with Crippen molar-refractivity contribution in [2.24, 2.45) is 0 Å². The van der Waals surface area contributed by atoms with E-state index in [-0.39, 0.29) is 0 Å². The van der Waals surface area contributed by atoms with E-state index in [1.165, 1.54) is 97.0 Å². The van der Waals surface area contributed by atoms with E-state index >= 15 is 0 Å². The topological polar surface area (TPSA) is 6.48 Å². The Balaban J connectivity index is 1.03. The van der Waals surface area contributed by atoms with Crippen molar-refractivity contribution >= 4 is 131 Å². The molecule has 64 heavy (non-hydrogen) atoms. The largest absolute Gasteiger partial charge is 0.309 e. The maximum Gasteiger partial charge on any atom is 0.0541 e. The van der Waals surface area contributed by atoms with Crippen LogP contribution in [0.1, 0.15) is 0 Å². The lowest BCUT2D eigenvalue weighted by molar-refractivity contribution is 1.30. The summed E-state index contributed by atoms with van der Waals surface area (Å²) in [6.45, 7) is 0. The van der Waals surface area contributed by atoms with E-state index in [1.54, 1.807) is 0 Å².